The summed E-state index contributed by atoms with van der Waals surface area (Å²) in [4.78, 5) is 57.3. The fourth-order valence-corrected chi connectivity index (χ4v) is 6.40. The first-order chi connectivity index (χ1) is 20.8. The van der Waals surface area contributed by atoms with E-state index in [1.165, 1.54) is 35.0 Å². The molecule has 2 heterocycles. The van der Waals surface area contributed by atoms with Crippen LogP contribution in [0.15, 0.2) is 60.7 Å². The molecule has 0 aromatic heterocycles. The first-order valence-corrected chi connectivity index (χ1v) is 14.6. The largest absolute Gasteiger partial charge is 0.341 e. The topological polar surface area (TPSA) is 123 Å². The highest BCUT2D eigenvalue weighted by molar-refractivity contribution is 6.09. The monoisotopic (exact) mass is 597 g/mol. The number of carbonyl (C=O) groups is 4. The van der Waals surface area contributed by atoms with Crippen LogP contribution in [0.3, 0.4) is 0 Å². The molecule has 4 atom stereocenters. The Balaban J connectivity index is 1.38. The second kappa shape index (κ2) is 11.4. The van der Waals surface area contributed by atoms with Crippen molar-refractivity contribution in [3.8, 4) is 6.07 Å². The number of anilines is 1. The Bertz CT molecular complexity index is 1710. The predicted molar refractivity (Wildman–Crippen MR) is 164 cm³/mol. The summed E-state index contributed by atoms with van der Waals surface area (Å²) in [6.07, 6.45) is 0.438. The van der Waals surface area contributed by atoms with Crippen molar-refractivity contribution in [2.75, 3.05) is 18.9 Å². The first kappa shape index (κ1) is 30.7. The normalized spacial score (nSPS) is 20.5. The number of benzene rings is 3. The van der Waals surface area contributed by atoms with Crippen molar-refractivity contribution in [3.63, 3.8) is 0 Å². The van der Waals surface area contributed by atoms with Crippen LogP contribution >= 0.6 is 0 Å². The van der Waals surface area contributed by atoms with Gasteiger partial charge in [0.15, 0.2) is 0 Å². The minimum absolute atomic E-state index is 0.0174. The number of hydrogen-bond acceptors (Lipinski definition) is 5. The summed E-state index contributed by atoms with van der Waals surface area (Å²) in [5.74, 6) is -2.09. The molecule has 0 unspecified atom stereocenters. The maximum atomic E-state index is 14.3. The quantitative estimate of drug-likeness (QED) is 0.437. The molecule has 44 heavy (non-hydrogen) atoms. The van der Waals surface area contributed by atoms with Gasteiger partial charge in [-0.3, -0.25) is 19.2 Å². The van der Waals surface area contributed by atoms with Crippen molar-refractivity contribution in [1.82, 2.24) is 15.1 Å². The Hall–Kier alpha value is -4.78. The molecule has 2 aliphatic heterocycles. The zero-order valence-corrected chi connectivity index (χ0v) is 25.5. The van der Waals surface area contributed by atoms with Gasteiger partial charge in [-0.15, -0.1) is 0 Å². The molecule has 1 saturated heterocycles. The van der Waals surface area contributed by atoms with Crippen molar-refractivity contribution in [2.45, 2.75) is 64.1 Å². The predicted octanol–water partition coefficient (Wildman–Crippen LogP) is 4.37. The van der Waals surface area contributed by atoms with Gasteiger partial charge in [0.2, 0.25) is 17.7 Å². The average molecular weight is 598 g/mol. The molecule has 0 bridgehead atoms. The van der Waals surface area contributed by atoms with Gasteiger partial charge in [0, 0.05) is 31.3 Å². The van der Waals surface area contributed by atoms with E-state index < -0.39 is 47.1 Å². The molecule has 0 radical (unpaired) electrons. The minimum Gasteiger partial charge on any atom is -0.341 e. The SMILES string of the molecule is C[C@H](NC(=O)c1cccc2cc(F)ccc12)C(=O)N(C)[C@@H](CC(C)(C)C)C(=O)N1C[C@]2(C[C@H]1C#N)C(=O)Nc1ccccc12. The van der Waals surface area contributed by atoms with Gasteiger partial charge >= 0.3 is 0 Å². The lowest BCUT2D eigenvalue weighted by Crippen LogP contribution is -2.56. The molecule has 0 aliphatic carbocycles. The first-order valence-electron chi connectivity index (χ1n) is 14.6. The van der Waals surface area contributed by atoms with Gasteiger partial charge in [-0.05, 0) is 59.4 Å². The number of rotatable bonds is 6. The van der Waals surface area contributed by atoms with Crippen molar-refractivity contribution in [3.05, 3.63) is 77.6 Å². The smallest absolute Gasteiger partial charge is 0.252 e. The average Bonchev–Trinajstić information content (AvgIpc) is 3.51. The Morgan fingerprint density at radius 2 is 1.89 bits per heavy atom. The van der Waals surface area contributed by atoms with Gasteiger partial charge in [0.1, 0.15) is 23.9 Å². The number of halogens is 1. The summed E-state index contributed by atoms with van der Waals surface area (Å²) < 4.78 is 13.7. The van der Waals surface area contributed by atoms with Crippen molar-refractivity contribution < 1.29 is 23.6 Å². The highest BCUT2D eigenvalue weighted by atomic mass is 19.1. The van der Waals surface area contributed by atoms with E-state index in [0.717, 1.165) is 5.56 Å². The van der Waals surface area contributed by atoms with E-state index in [4.69, 9.17) is 0 Å². The lowest BCUT2D eigenvalue weighted by molar-refractivity contribution is -0.146. The van der Waals surface area contributed by atoms with Crippen molar-refractivity contribution in [1.29, 1.82) is 5.26 Å². The molecular weight excluding hydrogens is 561 g/mol. The number of nitriles is 1. The number of nitrogens with one attached hydrogen (secondary N) is 2. The van der Waals surface area contributed by atoms with E-state index in [0.29, 0.717) is 22.0 Å². The van der Waals surface area contributed by atoms with Crippen molar-refractivity contribution >= 4 is 40.1 Å². The number of carbonyl (C=O) groups excluding carboxylic acids is 4. The number of para-hydroxylation sites is 1. The molecular formula is C34H36FN5O4. The Kier molecular flexibility index (Phi) is 7.93. The fraction of sp³-hybridized carbons (Fsp3) is 0.382. The maximum Gasteiger partial charge on any atom is 0.252 e. The Labute approximate surface area is 256 Å². The van der Waals surface area contributed by atoms with Crippen LogP contribution in [-0.2, 0) is 19.8 Å². The van der Waals surface area contributed by atoms with Gasteiger partial charge < -0.3 is 20.4 Å². The number of hydrogen-bond donors (Lipinski definition) is 2. The Morgan fingerprint density at radius 1 is 1.16 bits per heavy atom. The van der Waals surface area contributed by atoms with Crippen molar-refractivity contribution in [2.24, 2.45) is 5.41 Å². The standard InChI is InChI=1S/C34H36FN5O4/c1-20(37-29(41)25-10-8-9-21-15-22(35)13-14-24(21)25)30(42)39(5)28(17-33(2,3)4)31(43)40-19-34(16-23(40)18-36)26-11-6-7-12-27(26)38-32(34)44/h6-15,20,23,28H,16-17,19H2,1-5H3,(H,37,41)(H,38,44)/t20-,23-,28-,34-/m0/s1. The number of likely N-dealkylation sites (tertiary alicyclic amines) is 1. The van der Waals surface area contributed by atoms with Gasteiger partial charge in [-0.2, -0.15) is 5.26 Å². The summed E-state index contributed by atoms with van der Waals surface area (Å²) in [6, 6.07) is 15.8. The van der Waals surface area contributed by atoms with E-state index in [-0.39, 0.29) is 30.7 Å². The maximum absolute atomic E-state index is 14.3. The molecule has 228 valence electrons. The van der Waals surface area contributed by atoms with E-state index in [2.05, 4.69) is 16.7 Å². The van der Waals surface area contributed by atoms with Gasteiger partial charge in [-0.25, -0.2) is 4.39 Å². The summed E-state index contributed by atoms with van der Waals surface area (Å²) in [6.45, 7) is 7.42. The molecule has 10 heteroatoms. The molecule has 9 nitrogen and oxygen atoms in total. The highest BCUT2D eigenvalue weighted by Gasteiger charge is 2.57. The summed E-state index contributed by atoms with van der Waals surface area (Å²) >= 11 is 0. The Morgan fingerprint density at radius 3 is 2.59 bits per heavy atom. The number of amides is 4. The molecule has 2 aliphatic rings. The lowest BCUT2D eigenvalue weighted by Gasteiger charge is -2.36. The van der Waals surface area contributed by atoms with Crippen LogP contribution in [0.1, 0.15) is 56.5 Å². The third-order valence-electron chi connectivity index (χ3n) is 8.63. The fourth-order valence-electron chi connectivity index (χ4n) is 6.40. The molecule has 2 N–H and O–H groups in total. The van der Waals surface area contributed by atoms with Crippen LogP contribution in [0.5, 0.6) is 0 Å². The molecule has 3 aromatic rings. The second-order valence-corrected chi connectivity index (χ2v) is 13.0. The van der Waals surface area contributed by atoms with Crippen LogP contribution in [0.4, 0.5) is 10.1 Å². The van der Waals surface area contributed by atoms with Gasteiger partial charge in [0.05, 0.1) is 11.5 Å². The molecule has 0 saturated carbocycles. The van der Waals surface area contributed by atoms with Crippen LogP contribution in [0.2, 0.25) is 0 Å². The van der Waals surface area contributed by atoms with Gasteiger partial charge in [-0.1, -0.05) is 57.2 Å². The van der Waals surface area contributed by atoms with Crippen LogP contribution in [-0.4, -0.2) is 65.1 Å². The molecule has 3 aromatic carbocycles. The third-order valence-corrected chi connectivity index (χ3v) is 8.63. The number of fused-ring (bicyclic) bond motifs is 3. The van der Waals surface area contributed by atoms with E-state index >= 15 is 0 Å². The van der Waals surface area contributed by atoms with Gasteiger partial charge in [0.25, 0.3) is 5.91 Å². The summed E-state index contributed by atoms with van der Waals surface area (Å²) in [5.41, 5.74) is 0.287. The van der Waals surface area contributed by atoms with E-state index in [9.17, 15) is 28.8 Å². The number of nitrogens with zero attached hydrogens (tertiary/aromatic N) is 3. The third kappa shape index (κ3) is 5.50. The van der Waals surface area contributed by atoms with Crippen LogP contribution in [0, 0.1) is 22.6 Å². The molecule has 1 spiro atoms. The summed E-state index contributed by atoms with van der Waals surface area (Å²) in [5, 5.41) is 16.8. The zero-order chi connectivity index (χ0) is 32.0. The number of likely N-dealkylation sites (N-methyl/N-ethyl adjacent to an activating group) is 1. The lowest BCUT2D eigenvalue weighted by atomic mass is 9.80. The zero-order valence-electron chi connectivity index (χ0n) is 25.5. The molecule has 1 fully saturated rings. The van der Waals surface area contributed by atoms with E-state index in [1.807, 2.05) is 39.0 Å². The summed E-state index contributed by atoms with van der Waals surface area (Å²) in [7, 11) is 1.52. The second-order valence-electron chi connectivity index (χ2n) is 13.0. The van der Waals surface area contributed by atoms with Crippen LogP contribution in [0.25, 0.3) is 10.8 Å². The highest BCUT2D eigenvalue weighted by Crippen LogP contribution is 2.46. The van der Waals surface area contributed by atoms with Crippen LogP contribution < -0.4 is 10.6 Å². The molecule has 4 amide bonds. The van der Waals surface area contributed by atoms with E-state index in [1.54, 1.807) is 31.2 Å². The minimum atomic E-state index is -1.05. The molecule has 5 rings (SSSR count).